The van der Waals surface area contributed by atoms with E-state index in [-0.39, 0.29) is 5.38 Å². The first-order valence-corrected chi connectivity index (χ1v) is 7.54. The zero-order valence-electron chi connectivity index (χ0n) is 10.4. The summed E-state index contributed by atoms with van der Waals surface area (Å²) in [5.74, 6) is 1.61. The molecule has 0 amide bonds. The van der Waals surface area contributed by atoms with Crippen molar-refractivity contribution >= 4 is 22.9 Å². The van der Waals surface area contributed by atoms with E-state index in [1.807, 2.05) is 11.3 Å². The molecule has 1 atom stereocenters. The van der Waals surface area contributed by atoms with Crippen molar-refractivity contribution in [1.29, 1.82) is 0 Å². The maximum absolute atomic E-state index is 6.66. The van der Waals surface area contributed by atoms with Gasteiger partial charge < -0.3 is 0 Å². The van der Waals surface area contributed by atoms with E-state index in [1.54, 1.807) is 0 Å². The molecule has 90 valence electrons. The van der Waals surface area contributed by atoms with Gasteiger partial charge in [-0.15, -0.1) is 22.9 Å². The average Bonchev–Trinajstić information content (AvgIpc) is 2.58. The molecule has 1 heterocycles. The molecule has 2 heteroatoms. The Hall–Kier alpha value is -0.0100. The highest BCUT2D eigenvalue weighted by atomic mass is 35.5. The lowest BCUT2D eigenvalue weighted by atomic mass is 9.80. The number of alkyl halides is 1. The molecule has 0 nitrogen and oxygen atoms in total. The number of aryl methyl sites for hydroxylation is 2. The zero-order chi connectivity index (χ0) is 11.7. The summed E-state index contributed by atoms with van der Waals surface area (Å²) in [5.41, 5.74) is 1.39. The Morgan fingerprint density at radius 2 is 1.88 bits per heavy atom. The van der Waals surface area contributed by atoms with E-state index in [1.165, 1.54) is 41.0 Å². The standard InChI is InChI=1S/C14H21ClS/c1-9-4-6-12(7-5-9)14(15)13-8-10(2)16-11(13)3/h8-9,12,14H,4-7H2,1-3H3. The fourth-order valence-corrected chi connectivity index (χ4v) is 4.27. The topological polar surface area (TPSA) is 0 Å². The maximum Gasteiger partial charge on any atom is 0.0624 e. The van der Waals surface area contributed by atoms with E-state index in [9.17, 15) is 0 Å². The van der Waals surface area contributed by atoms with Crippen LogP contribution in [0.3, 0.4) is 0 Å². The Kier molecular flexibility index (Phi) is 3.97. The van der Waals surface area contributed by atoms with Crippen LogP contribution in [0.5, 0.6) is 0 Å². The first-order valence-electron chi connectivity index (χ1n) is 6.29. The monoisotopic (exact) mass is 256 g/mol. The minimum atomic E-state index is 0.248. The quantitative estimate of drug-likeness (QED) is 0.616. The fraction of sp³-hybridized carbons (Fsp3) is 0.714. The highest BCUT2D eigenvalue weighted by Gasteiger charge is 2.27. The van der Waals surface area contributed by atoms with Crippen molar-refractivity contribution in [3.63, 3.8) is 0 Å². The molecule has 1 aliphatic rings. The SMILES string of the molecule is Cc1cc(C(Cl)C2CCC(C)CC2)c(C)s1. The van der Waals surface area contributed by atoms with Crippen LogP contribution in [0, 0.1) is 25.7 Å². The van der Waals surface area contributed by atoms with Crippen LogP contribution >= 0.6 is 22.9 Å². The van der Waals surface area contributed by atoms with Crippen molar-refractivity contribution in [1.82, 2.24) is 0 Å². The van der Waals surface area contributed by atoms with Gasteiger partial charge in [0.25, 0.3) is 0 Å². The van der Waals surface area contributed by atoms with Crippen LogP contribution in [0.25, 0.3) is 0 Å². The Morgan fingerprint density at radius 3 is 2.38 bits per heavy atom. The van der Waals surface area contributed by atoms with Crippen LogP contribution in [-0.2, 0) is 0 Å². The second-order valence-corrected chi connectivity index (χ2v) is 7.22. The van der Waals surface area contributed by atoms with Gasteiger partial charge >= 0.3 is 0 Å². The van der Waals surface area contributed by atoms with Gasteiger partial charge in [-0.1, -0.05) is 19.8 Å². The first kappa shape index (κ1) is 12.4. The molecule has 0 radical (unpaired) electrons. The highest BCUT2D eigenvalue weighted by Crippen LogP contribution is 2.42. The largest absolute Gasteiger partial charge is 0.146 e. The Balaban J connectivity index is 2.07. The molecule has 0 aromatic carbocycles. The van der Waals surface area contributed by atoms with Crippen LogP contribution in [-0.4, -0.2) is 0 Å². The van der Waals surface area contributed by atoms with Gasteiger partial charge in [-0.05, 0) is 50.2 Å². The van der Waals surface area contributed by atoms with Crippen molar-refractivity contribution in [2.75, 3.05) is 0 Å². The lowest BCUT2D eigenvalue weighted by Gasteiger charge is -2.29. The van der Waals surface area contributed by atoms with Gasteiger partial charge in [-0.3, -0.25) is 0 Å². The van der Waals surface area contributed by atoms with E-state index in [0.29, 0.717) is 5.92 Å². The molecule has 0 bridgehead atoms. The third kappa shape index (κ3) is 2.62. The molecule has 1 fully saturated rings. The molecule has 1 saturated carbocycles. The van der Waals surface area contributed by atoms with Crippen LogP contribution in [0.1, 0.15) is 53.3 Å². The number of hydrogen-bond donors (Lipinski definition) is 0. The maximum atomic E-state index is 6.66. The predicted octanol–water partition coefficient (Wildman–Crippen LogP) is 5.47. The molecule has 1 aliphatic carbocycles. The molecular weight excluding hydrogens is 236 g/mol. The smallest absolute Gasteiger partial charge is 0.0624 e. The summed E-state index contributed by atoms with van der Waals surface area (Å²) in [6.07, 6.45) is 5.33. The summed E-state index contributed by atoms with van der Waals surface area (Å²) < 4.78 is 0. The Bertz CT molecular complexity index is 348. The molecule has 0 saturated heterocycles. The van der Waals surface area contributed by atoms with E-state index in [4.69, 9.17) is 11.6 Å². The van der Waals surface area contributed by atoms with Crippen LogP contribution < -0.4 is 0 Å². The lowest BCUT2D eigenvalue weighted by Crippen LogP contribution is -2.16. The van der Waals surface area contributed by atoms with Crippen molar-refractivity contribution in [3.8, 4) is 0 Å². The molecule has 0 aliphatic heterocycles. The van der Waals surface area contributed by atoms with Crippen LogP contribution in [0.4, 0.5) is 0 Å². The summed E-state index contributed by atoms with van der Waals surface area (Å²) in [7, 11) is 0. The number of hydrogen-bond acceptors (Lipinski definition) is 1. The van der Waals surface area contributed by atoms with Crippen LogP contribution in [0.15, 0.2) is 6.07 Å². The second-order valence-electron chi connectivity index (χ2n) is 5.29. The molecule has 1 aromatic heterocycles. The molecule has 16 heavy (non-hydrogen) atoms. The van der Waals surface area contributed by atoms with E-state index < -0.39 is 0 Å². The van der Waals surface area contributed by atoms with Crippen molar-refractivity contribution in [2.45, 2.75) is 51.8 Å². The van der Waals surface area contributed by atoms with Gasteiger partial charge in [0.2, 0.25) is 0 Å². The Morgan fingerprint density at radius 1 is 1.25 bits per heavy atom. The number of thiophene rings is 1. The van der Waals surface area contributed by atoms with E-state index in [2.05, 4.69) is 26.8 Å². The summed E-state index contributed by atoms with van der Waals surface area (Å²) in [6.45, 7) is 6.74. The Labute approximate surface area is 108 Å². The number of rotatable bonds is 2. The lowest BCUT2D eigenvalue weighted by molar-refractivity contribution is 0.283. The highest BCUT2D eigenvalue weighted by molar-refractivity contribution is 7.12. The van der Waals surface area contributed by atoms with Crippen molar-refractivity contribution in [3.05, 3.63) is 21.4 Å². The number of halogens is 1. The molecule has 0 spiro atoms. The zero-order valence-corrected chi connectivity index (χ0v) is 12.0. The summed E-state index contributed by atoms with van der Waals surface area (Å²) in [4.78, 5) is 2.80. The van der Waals surface area contributed by atoms with Gasteiger partial charge in [0.05, 0.1) is 5.38 Å². The van der Waals surface area contributed by atoms with Gasteiger partial charge in [0, 0.05) is 9.75 Å². The third-order valence-electron chi connectivity index (χ3n) is 3.85. The van der Waals surface area contributed by atoms with E-state index >= 15 is 0 Å². The van der Waals surface area contributed by atoms with Crippen molar-refractivity contribution in [2.24, 2.45) is 11.8 Å². The second kappa shape index (κ2) is 5.10. The van der Waals surface area contributed by atoms with E-state index in [0.717, 1.165) is 5.92 Å². The van der Waals surface area contributed by atoms with Gasteiger partial charge in [-0.2, -0.15) is 0 Å². The minimum absolute atomic E-state index is 0.248. The predicted molar refractivity (Wildman–Crippen MR) is 73.5 cm³/mol. The molecule has 1 unspecified atom stereocenters. The van der Waals surface area contributed by atoms with Crippen LogP contribution in [0.2, 0.25) is 0 Å². The average molecular weight is 257 g/mol. The van der Waals surface area contributed by atoms with Gasteiger partial charge in [0.15, 0.2) is 0 Å². The third-order valence-corrected chi connectivity index (χ3v) is 5.42. The minimum Gasteiger partial charge on any atom is -0.146 e. The van der Waals surface area contributed by atoms with Gasteiger partial charge in [0.1, 0.15) is 0 Å². The summed E-state index contributed by atoms with van der Waals surface area (Å²) in [5, 5.41) is 0.248. The summed E-state index contributed by atoms with van der Waals surface area (Å²) in [6, 6.07) is 2.29. The molecule has 2 rings (SSSR count). The normalized spacial score (nSPS) is 28.0. The van der Waals surface area contributed by atoms with Crippen molar-refractivity contribution < 1.29 is 0 Å². The first-order chi connectivity index (χ1) is 7.58. The summed E-state index contributed by atoms with van der Waals surface area (Å²) >= 11 is 8.54. The molecule has 1 aromatic rings. The fourth-order valence-electron chi connectivity index (χ4n) is 2.76. The molecular formula is C14H21ClS. The van der Waals surface area contributed by atoms with Gasteiger partial charge in [-0.25, -0.2) is 0 Å². The molecule has 0 N–H and O–H groups in total.